The summed E-state index contributed by atoms with van der Waals surface area (Å²) in [5.74, 6) is 0. The van der Waals surface area contributed by atoms with Gasteiger partial charge in [-0.25, -0.2) is 0 Å². The highest BCUT2D eigenvalue weighted by molar-refractivity contribution is 4.91. The van der Waals surface area contributed by atoms with Gasteiger partial charge in [0, 0.05) is 6.07 Å². The van der Waals surface area contributed by atoms with Crippen LogP contribution in [0.2, 0.25) is 0 Å². The van der Waals surface area contributed by atoms with Gasteiger partial charge in [0.1, 0.15) is 6.26 Å². The molecule has 0 aliphatic carbocycles. The van der Waals surface area contributed by atoms with Crippen molar-refractivity contribution in [2.75, 3.05) is 0 Å². The van der Waals surface area contributed by atoms with E-state index in [1.807, 2.05) is 13.8 Å². The van der Waals surface area contributed by atoms with Crippen LogP contribution in [-0.4, -0.2) is 4.74 Å². The van der Waals surface area contributed by atoms with E-state index in [0.717, 1.165) is 0 Å². The number of rotatable bonds is 3. The zero-order valence-corrected chi connectivity index (χ0v) is 7.78. The molecule has 1 aromatic heterocycles. The smallest absolute Gasteiger partial charge is 0.282 e. The highest BCUT2D eigenvalue weighted by atomic mass is 16.5. The Morgan fingerprint density at radius 2 is 2.38 bits per heavy atom. The zero-order chi connectivity index (χ0) is 9.90. The lowest BCUT2D eigenvalue weighted by Gasteiger charge is -2.13. The Bertz CT molecular complexity index is 367. The number of hydrogen-bond acceptors (Lipinski definition) is 3. The second-order valence-corrected chi connectivity index (χ2v) is 3.59. The van der Waals surface area contributed by atoms with E-state index < -0.39 is 5.41 Å². The maximum Gasteiger partial charge on any atom is 0.282 e. The molecule has 0 aliphatic heterocycles. The van der Waals surface area contributed by atoms with Crippen LogP contribution in [0.1, 0.15) is 20.3 Å². The van der Waals surface area contributed by atoms with Crippen LogP contribution in [-0.2, 0) is 6.54 Å². The third-order valence-electron chi connectivity index (χ3n) is 1.89. The van der Waals surface area contributed by atoms with E-state index >= 15 is 0 Å². The molecule has 0 amide bonds. The number of aryl methyl sites for hydroxylation is 1. The van der Waals surface area contributed by atoms with E-state index in [1.165, 1.54) is 17.1 Å². The van der Waals surface area contributed by atoms with Crippen LogP contribution in [0, 0.1) is 16.7 Å². The molecule has 0 unspecified atom stereocenters. The Hall–Kier alpha value is -1.50. The summed E-state index contributed by atoms with van der Waals surface area (Å²) >= 11 is 0. The third-order valence-corrected chi connectivity index (χ3v) is 1.89. The molecule has 0 saturated heterocycles. The second-order valence-electron chi connectivity index (χ2n) is 3.59. The topological polar surface area (TPSA) is 58.9 Å². The van der Waals surface area contributed by atoms with Crippen molar-refractivity contribution in [2.24, 2.45) is 5.41 Å². The van der Waals surface area contributed by atoms with Crippen molar-refractivity contribution in [3.05, 3.63) is 22.7 Å². The Morgan fingerprint density at radius 1 is 1.69 bits per heavy atom. The molecule has 4 nitrogen and oxygen atoms in total. The minimum atomic E-state index is -0.410. The van der Waals surface area contributed by atoms with E-state index in [-0.39, 0.29) is 5.56 Å². The Kier molecular flexibility index (Phi) is 2.57. The average Bonchev–Trinajstić information content (AvgIpc) is 2.48. The highest BCUT2D eigenvalue weighted by Crippen LogP contribution is 2.18. The van der Waals surface area contributed by atoms with E-state index in [1.54, 1.807) is 0 Å². The van der Waals surface area contributed by atoms with Gasteiger partial charge in [0.05, 0.1) is 18.0 Å². The normalized spacial score (nSPS) is 11.2. The summed E-state index contributed by atoms with van der Waals surface area (Å²) in [7, 11) is 0. The first-order valence-electron chi connectivity index (χ1n) is 4.11. The van der Waals surface area contributed by atoms with Gasteiger partial charge in [0.2, 0.25) is 0 Å². The first-order valence-corrected chi connectivity index (χ1v) is 4.11. The van der Waals surface area contributed by atoms with Gasteiger partial charge in [-0.3, -0.25) is 4.79 Å². The predicted octanol–water partition coefficient (Wildman–Crippen LogP) is 1.38. The van der Waals surface area contributed by atoms with Crippen LogP contribution in [0.5, 0.6) is 0 Å². The molecule has 13 heavy (non-hydrogen) atoms. The molecule has 0 aliphatic rings. The first-order chi connectivity index (χ1) is 6.05. The molecule has 0 spiro atoms. The molecular weight excluding hydrogens is 168 g/mol. The minimum Gasteiger partial charge on any atom is -0.384 e. The molecule has 1 heterocycles. The largest absolute Gasteiger partial charge is 0.384 e. The van der Waals surface area contributed by atoms with Gasteiger partial charge in [-0.05, 0) is 20.3 Å². The first kappa shape index (κ1) is 9.59. The quantitative estimate of drug-likeness (QED) is 0.706. The van der Waals surface area contributed by atoms with Crippen LogP contribution in [0.4, 0.5) is 0 Å². The monoisotopic (exact) mass is 180 g/mol. The van der Waals surface area contributed by atoms with E-state index in [0.29, 0.717) is 13.0 Å². The highest BCUT2D eigenvalue weighted by Gasteiger charge is 2.16. The fourth-order valence-corrected chi connectivity index (χ4v) is 0.897. The van der Waals surface area contributed by atoms with Crippen molar-refractivity contribution in [2.45, 2.75) is 26.8 Å². The van der Waals surface area contributed by atoms with Crippen molar-refractivity contribution in [1.29, 1.82) is 5.26 Å². The molecular formula is C9H12N2O2. The molecule has 0 bridgehead atoms. The lowest BCUT2D eigenvalue weighted by atomic mass is 9.92. The SMILES string of the molecule is CC(C)(C#N)CCn1occc1=O. The van der Waals surface area contributed by atoms with Crippen molar-refractivity contribution in [3.63, 3.8) is 0 Å². The lowest BCUT2D eigenvalue weighted by Crippen LogP contribution is -2.18. The van der Waals surface area contributed by atoms with Gasteiger partial charge in [0.15, 0.2) is 0 Å². The van der Waals surface area contributed by atoms with Crippen molar-refractivity contribution in [1.82, 2.24) is 4.74 Å². The number of aromatic nitrogens is 1. The van der Waals surface area contributed by atoms with Gasteiger partial charge in [-0.15, -0.1) is 0 Å². The van der Waals surface area contributed by atoms with Crippen molar-refractivity contribution < 1.29 is 4.52 Å². The fraction of sp³-hybridized carbons (Fsp3) is 0.556. The number of hydrogen-bond donors (Lipinski definition) is 0. The maximum atomic E-state index is 11.0. The minimum absolute atomic E-state index is 0.159. The summed E-state index contributed by atoms with van der Waals surface area (Å²) in [5, 5.41) is 8.72. The van der Waals surface area contributed by atoms with Gasteiger partial charge >= 0.3 is 0 Å². The predicted molar refractivity (Wildman–Crippen MR) is 47.0 cm³/mol. The molecule has 0 saturated carbocycles. The van der Waals surface area contributed by atoms with Crippen LogP contribution in [0.25, 0.3) is 0 Å². The van der Waals surface area contributed by atoms with Crippen molar-refractivity contribution in [3.8, 4) is 6.07 Å². The van der Waals surface area contributed by atoms with Gasteiger partial charge in [-0.2, -0.15) is 10.0 Å². The number of nitrogens with zero attached hydrogens (tertiary/aromatic N) is 2. The summed E-state index contributed by atoms with van der Waals surface area (Å²) in [6, 6.07) is 3.53. The van der Waals surface area contributed by atoms with Crippen molar-refractivity contribution >= 4 is 0 Å². The number of nitriles is 1. The second kappa shape index (κ2) is 3.48. The van der Waals surface area contributed by atoms with Gasteiger partial charge < -0.3 is 4.52 Å². The third kappa shape index (κ3) is 2.48. The van der Waals surface area contributed by atoms with E-state index in [9.17, 15) is 4.79 Å². The summed E-state index contributed by atoms with van der Waals surface area (Å²) in [5.41, 5.74) is -0.569. The molecule has 0 fully saturated rings. The van der Waals surface area contributed by atoms with Crippen LogP contribution >= 0.6 is 0 Å². The summed E-state index contributed by atoms with van der Waals surface area (Å²) in [6.07, 6.45) is 1.96. The van der Waals surface area contributed by atoms with Gasteiger partial charge in [0.25, 0.3) is 5.56 Å². The van der Waals surface area contributed by atoms with E-state index in [4.69, 9.17) is 9.78 Å². The fourth-order valence-electron chi connectivity index (χ4n) is 0.897. The Balaban J connectivity index is 2.59. The summed E-state index contributed by atoms with van der Waals surface area (Å²) < 4.78 is 6.15. The van der Waals surface area contributed by atoms with Crippen LogP contribution in [0.3, 0.4) is 0 Å². The standard InChI is InChI=1S/C9H12N2O2/c1-9(2,7-10)4-5-11-8(12)3-6-13-11/h3,6H,4-5H2,1-2H3. The molecule has 70 valence electrons. The van der Waals surface area contributed by atoms with Crippen LogP contribution in [0.15, 0.2) is 21.6 Å². The van der Waals surface area contributed by atoms with Crippen LogP contribution < -0.4 is 5.56 Å². The lowest BCUT2D eigenvalue weighted by molar-refractivity contribution is 0.233. The molecule has 1 rings (SSSR count). The van der Waals surface area contributed by atoms with Gasteiger partial charge in [-0.1, -0.05) is 0 Å². The molecule has 4 heteroatoms. The molecule has 0 aromatic carbocycles. The van der Waals surface area contributed by atoms with E-state index in [2.05, 4.69) is 6.07 Å². The zero-order valence-electron chi connectivity index (χ0n) is 7.78. The molecule has 0 N–H and O–H groups in total. The summed E-state index contributed by atoms with van der Waals surface area (Å²) in [6.45, 7) is 4.12. The molecule has 0 atom stereocenters. The molecule has 1 aromatic rings. The molecule has 0 radical (unpaired) electrons. The average molecular weight is 180 g/mol. The summed E-state index contributed by atoms with van der Waals surface area (Å²) in [4.78, 5) is 11.0. The maximum absolute atomic E-state index is 11.0. The Morgan fingerprint density at radius 3 is 2.85 bits per heavy atom. The Labute approximate surface area is 76.4 Å².